The van der Waals surface area contributed by atoms with Gasteiger partial charge in [-0.2, -0.15) is 11.8 Å². The molecule has 1 amide bonds. The molecule has 1 rings (SSSR count). The smallest absolute Gasteiger partial charge is 0.230 e. The number of nitrogens with zero attached hydrogens (tertiary/aromatic N) is 1. The zero-order valence-electron chi connectivity index (χ0n) is 11.9. The molecule has 0 bridgehead atoms. The summed E-state index contributed by atoms with van der Waals surface area (Å²) >= 11 is 1.72. The molecule has 1 fully saturated rings. The SMILES string of the molecule is CCCSCC(=O)NCCN(C)C1CCCCC1. The van der Waals surface area contributed by atoms with Crippen molar-refractivity contribution < 1.29 is 4.79 Å². The summed E-state index contributed by atoms with van der Waals surface area (Å²) in [5.74, 6) is 1.88. The first-order chi connectivity index (χ1) is 8.74. The monoisotopic (exact) mass is 272 g/mol. The Labute approximate surface area is 116 Å². The van der Waals surface area contributed by atoms with E-state index in [9.17, 15) is 4.79 Å². The zero-order chi connectivity index (χ0) is 13.2. The van der Waals surface area contributed by atoms with E-state index >= 15 is 0 Å². The minimum atomic E-state index is 0.186. The predicted octanol–water partition coefficient (Wildman–Crippen LogP) is 2.51. The summed E-state index contributed by atoms with van der Waals surface area (Å²) in [7, 11) is 2.19. The standard InChI is InChI=1S/C14H28N2OS/c1-3-11-18-12-14(17)15-9-10-16(2)13-7-5-4-6-8-13/h13H,3-12H2,1-2H3,(H,15,17). The normalized spacial score (nSPS) is 17.1. The number of carbonyl (C=O) groups excluding carboxylic acids is 1. The van der Waals surface area contributed by atoms with E-state index in [1.54, 1.807) is 11.8 Å². The minimum absolute atomic E-state index is 0.186. The van der Waals surface area contributed by atoms with E-state index < -0.39 is 0 Å². The van der Waals surface area contributed by atoms with Crippen LogP contribution in [0.2, 0.25) is 0 Å². The van der Waals surface area contributed by atoms with Gasteiger partial charge in [0.15, 0.2) is 0 Å². The molecule has 0 radical (unpaired) electrons. The Morgan fingerprint density at radius 2 is 2.06 bits per heavy atom. The maximum absolute atomic E-state index is 11.5. The van der Waals surface area contributed by atoms with Gasteiger partial charge in [-0.3, -0.25) is 4.79 Å². The second kappa shape index (κ2) is 9.68. The molecule has 1 saturated carbocycles. The molecular formula is C14H28N2OS. The summed E-state index contributed by atoms with van der Waals surface area (Å²) < 4.78 is 0. The first kappa shape index (κ1) is 15.8. The van der Waals surface area contributed by atoms with Crippen LogP contribution in [-0.4, -0.2) is 48.5 Å². The third-order valence-electron chi connectivity index (χ3n) is 3.57. The van der Waals surface area contributed by atoms with Crippen LogP contribution in [0.15, 0.2) is 0 Å². The van der Waals surface area contributed by atoms with Crippen molar-refractivity contribution in [3.8, 4) is 0 Å². The Bertz CT molecular complexity index is 230. The maximum Gasteiger partial charge on any atom is 0.230 e. The van der Waals surface area contributed by atoms with E-state index in [1.807, 2.05) is 0 Å². The highest BCUT2D eigenvalue weighted by Crippen LogP contribution is 2.21. The molecule has 1 aliphatic carbocycles. The molecule has 0 spiro atoms. The van der Waals surface area contributed by atoms with Gasteiger partial charge >= 0.3 is 0 Å². The summed E-state index contributed by atoms with van der Waals surface area (Å²) in [6, 6.07) is 0.741. The molecule has 0 unspecified atom stereocenters. The highest BCUT2D eigenvalue weighted by atomic mass is 32.2. The Morgan fingerprint density at radius 3 is 2.72 bits per heavy atom. The van der Waals surface area contributed by atoms with Crippen molar-refractivity contribution in [2.24, 2.45) is 0 Å². The van der Waals surface area contributed by atoms with Crippen LogP contribution in [0.5, 0.6) is 0 Å². The second-order valence-electron chi connectivity index (χ2n) is 5.17. The van der Waals surface area contributed by atoms with Crippen molar-refractivity contribution in [3.63, 3.8) is 0 Å². The quantitative estimate of drug-likeness (QED) is 0.689. The molecule has 4 heteroatoms. The van der Waals surface area contributed by atoms with E-state index in [1.165, 1.54) is 32.1 Å². The molecule has 0 aromatic heterocycles. The van der Waals surface area contributed by atoms with Crippen molar-refractivity contribution in [2.75, 3.05) is 31.6 Å². The Kier molecular flexibility index (Phi) is 8.51. The van der Waals surface area contributed by atoms with Crippen LogP contribution < -0.4 is 5.32 Å². The number of nitrogens with one attached hydrogen (secondary N) is 1. The van der Waals surface area contributed by atoms with Gasteiger partial charge in [-0.25, -0.2) is 0 Å². The third kappa shape index (κ3) is 6.64. The molecule has 106 valence electrons. The molecule has 0 aromatic rings. The number of hydrogen-bond acceptors (Lipinski definition) is 3. The lowest BCUT2D eigenvalue weighted by Gasteiger charge is -2.31. The van der Waals surface area contributed by atoms with E-state index in [-0.39, 0.29) is 5.91 Å². The van der Waals surface area contributed by atoms with E-state index in [0.717, 1.165) is 31.3 Å². The van der Waals surface area contributed by atoms with Crippen LogP contribution in [-0.2, 0) is 4.79 Å². The fraction of sp³-hybridized carbons (Fsp3) is 0.929. The van der Waals surface area contributed by atoms with Gasteiger partial charge in [0.05, 0.1) is 5.75 Å². The molecule has 0 heterocycles. The number of likely N-dealkylation sites (N-methyl/N-ethyl adjacent to an activating group) is 1. The van der Waals surface area contributed by atoms with Crippen LogP contribution in [0.3, 0.4) is 0 Å². The minimum Gasteiger partial charge on any atom is -0.354 e. The van der Waals surface area contributed by atoms with Gasteiger partial charge in [0.2, 0.25) is 5.91 Å². The average molecular weight is 272 g/mol. The van der Waals surface area contributed by atoms with Crippen molar-refractivity contribution in [3.05, 3.63) is 0 Å². The zero-order valence-corrected chi connectivity index (χ0v) is 12.7. The molecule has 1 N–H and O–H groups in total. The number of hydrogen-bond donors (Lipinski definition) is 1. The van der Waals surface area contributed by atoms with Crippen LogP contribution in [0.1, 0.15) is 45.4 Å². The van der Waals surface area contributed by atoms with Crippen molar-refractivity contribution in [1.82, 2.24) is 10.2 Å². The first-order valence-electron chi connectivity index (χ1n) is 7.28. The largest absolute Gasteiger partial charge is 0.354 e. The van der Waals surface area contributed by atoms with Crippen LogP contribution >= 0.6 is 11.8 Å². The number of rotatable bonds is 8. The van der Waals surface area contributed by atoms with Gasteiger partial charge in [0.25, 0.3) is 0 Å². The van der Waals surface area contributed by atoms with Gasteiger partial charge in [-0.1, -0.05) is 26.2 Å². The van der Waals surface area contributed by atoms with Crippen molar-refractivity contribution in [2.45, 2.75) is 51.5 Å². The molecule has 18 heavy (non-hydrogen) atoms. The lowest BCUT2D eigenvalue weighted by Crippen LogP contribution is -2.39. The van der Waals surface area contributed by atoms with Gasteiger partial charge in [0, 0.05) is 19.1 Å². The van der Waals surface area contributed by atoms with Crippen LogP contribution in [0.4, 0.5) is 0 Å². The average Bonchev–Trinajstić information content (AvgIpc) is 2.40. The summed E-state index contributed by atoms with van der Waals surface area (Å²) in [5.41, 5.74) is 0. The Morgan fingerprint density at radius 1 is 1.33 bits per heavy atom. The van der Waals surface area contributed by atoms with Crippen molar-refractivity contribution in [1.29, 1.82) is 0 Å². The first-order valence-corrected chi connectivity index (χ1v) is 8.44. The fourth-order valence-electron chi connectivity index (χ4n) is 2.44. The Hall–Kier alpha value is -0.220. The molecule has 0 aromatic carbocycles. The maximum atomic E-state index is 11.5. The van der Waals surface area contributed by atoms with Gasteiger partial charge < -0.3 is 10.2 Å². The van der Waals surface area contributed by atoms with E-state index in [0.29, 0.717) is 5.75 Å². The molecule has 0 saturated heterocycles. The lowest BCUT2D eigenvalue weighted by molar-refractivity contribution is -0.118. The van der Waals surface area contributed by atoms with Crippen LogP contribution in [0, 0.1) is 0 Å². The lowest BCUT2D eigenvalue weighted by atomic mass is 9.94. The Balaban J connectivity index is 2.03. The highest BCUT2D eigenvalue weighted by Gasteiger charge is 2.17. The summed E-state index contributed by atoms with van der Waals surface area (Å²) in [6.45, 7) is 3.91. The van der Waals surface area contributed by atoms with Crippen molar-refractivity contribution >= 4 is 17.7 Å². The van der Waals surface area contributed by atoms with E-state index in [2.05, 4.69) is 24.2 Å². The summed E-state index contributed by atoms with van der Waals surface area (Å²) in [6.07, 6.45) is 7.94. The highest BCUT2D eigenvalue weighted by molar-refractivity contribution is 7.99. The molecular weight excluding hydrogens is 244 g/mol. The van der Waals surface area contributed by atoms with Crippen LogP contribution in [0.25, 0.3) is 0 Å². The number of amides is 1. The fourth-order valence-corrected chi connectivity index (χ4v) is 3.16. The van der Waals surface area contributed by atoms with Gasteiger partial charge in [-0.15, -0.1) is 0 Å². The number of thioether (sulfide) groups is 1. The number of carbonyl (C=O) groups is 1. The molecule has 3 nitrogen and oxygen atoms in total. The predicted molar refractivity (Wildman–Crippen MR) is 80.1 cm³/mol. The molecule has 0 aliphatic heterocycles. The van der Waals surface area contributed by atoms with Gasteiger partial charge in [0.1, 0.15) is 0 Å². The van der Waals surface area contributed by atoms with Gasteiger partial charge in [-0.05, 0) is 32.1 Å². The third-order valence-corrected chi connectivity index (χ3v) is 4.73. The van der Waals surface area contributed by atoms with E-state index in [4.69, 9.17) is 0 Å². The molecule has 1 aliphatic rings. The summed E-state index contributed by atoms with van der Waals surface area (Å²) in [5, 5.41) is 3.01. The molecule has 0 atom stereocenters. The second-order valence-corrected chi connectivity index (χ2v) is 6.28. The summed E-state index contributed by atoms with van der Waals surface area (Å²) in [4.78, 5) is 13.9. The topological polar surface area (TPSA) is 32.3 Å².